The second-order valence-corrected chi connectivity index (χ2v) is 4.67. The standard InChI is InChI=1S/C15H15F3N4O3.HI/c16-15(17,18)25-11-5-2-1-4-10(11)22-14(19)21-8-7-20-13(23)12-6-3-9-24-12;/h1-6,9H,7-8H2,(H,20,23)(H3,19,21,22);1H. The number of alkyl halides is 3. The zero-order valence-corrected chi connectivity index (χ0v) is 15.6. The van der Waals surface area contributed by atoms with Crippen molar-refractivity contribution in [1.82, 2.24) is 5.32 Å². The van der Waals surface area contributed by atoms with Gasteiger partial charge in [-0.15, -0.1) is 37.1 Å². The molecule has 1 amide bonds. The fourth-order valence-electron chi connectivity index (χ4n) is 1.80. The maximum absolute atomic E-state index is 12.3. The van der Waals surface area contributed by atoms with Gasteiger partial charge in [0.1, 0.15) is 0 Å². The first kappa shape index (κ1) is 21.6. The zero-order chi connectivity index (χ0) is 18.3. The highest BCUT2D eigenvalue weighted by Gasteiger charge is 2.32. The highest BCUT2D eigenvalue weighted by atomic mass is 127. The third-order valence-electron chi connectivity index (χ3n) is 2.80. The van der Waals surface area contributed by atoms with Crippen molar-refractivity contribution in [2.75, 3.05) is 18.4 Å². The van der Waals surface area contributed by atoms with Crippen molar-refractivity contribution < 1.29 is 27.1 Å². The molecule has 0 atom stereocenters. The molecule has 0 unspecified atom stereocenters. The molecule has 0 aliphatic carbocycles. The Balaban J connectivity index is 0.00000338. The average Bonchev–Trinajstić information content (AvgIpc) is 3.06. The van der Waals surface area contributed by atoms with Crippen molar-refractivity contribution in [2.24, 2.45) is 10.7 Å². The van der Waals surface area contributed by atoms with Crippen LogP contribution >= 0.6 is 24.0 Å². The number of benzene rings is 1. The molecule has 1 aromatic carbocycles. The van der Waals surface area contributed by atoms with Crippen LogP contribution in [0.25, 0.3) is 0 Å². The number of guanidine groups is 1. The Hall–Kier alpha value is -2.44. The minimum atomic E-state index is -4.82. The van der Waals surface area contributed by atoms with E-state index in [-0.39, 0.29) is 54.5 Å². The fraction of sp³-hybridized carbons (Fsp3) is 0.200. The molecule has 4 N–H and O–H groups in total. The Kier molecular flexibility index (Phi) is 8.22. The van der Waals surface area contributed by atoms with E-state index in [1.807, 2.05) is 0 Å². The quantitative estimate of drug-likeness (QED) is 0.253. The third kappa shape index (κ3) is 7.21. The number of carbonyl (C=O) groups excluding carboxylic acids is 1. The predicted octanol–water partition coefficient (Wildman–Crippen LogP) is 2.95. The number of rotatable bonds is 6. The van der Waals surface area contributed by atoms with Gasteiger partial charge in [-0.05, 0) is 24.3 Å². The number of amides is 1. The first-order valence-corrected chi connectivity index (χ1v) is 7.08. The molecule has 2 rings (SSSR count). The van der Waals surface area contributed by atoms with Gasteiger partial charge in [0.25, 0.3) is 5.91 Å². The molecule has 0 fully saturated rings. The van der Waals surface area contributed by atoms with E-state index in [1.165, 1.54) is 30.5 Å². The molecule has 11 heteroatoms. The van der Waals surface area contributed by atoms with Gasteiger partial charge in [0.05, 0.1) is 18.5 Å². The van der Waals surface area contributed by atoms with E-state index in [0.29, 0.717) is 0 Å². The minimum absolute atomic E-state index is 0. The fourth-order valence-corrected chi connectivity index (χ4v) is 1.80. The van der Waals surface area contributed by atoms with Gasteiger partial charge in [-0.25, -0.2) is 0 Å². The monoisotopic (exact) mass is 484 g/mol. The van der Waals surface area contributed by atoms with Gasteiger partial charge in [-0.3, -0.25) is 9.79 Å². The van der Waals surface area contributed by atoms with Gasteiger partial charge < -0.3 is 25.5 Å². The summed E-state index contributed by atoms with van der Waals surface area (Å²) in [5.41, 5.74) is 5.64. The van der Waals surface area contributed by atoms with Crippen LogP contribution in [0.4, 0.5) is 18.9 Å². The van der Waals surface area contributed by atoms with Crippen molar-refractivity contribution in [3.8, 4) is 5.75 Å². The number of nitrogens with one attached hydrogen (secondary N) is 2. The highest BCUT2D eigenvalue weighted by Crippen LogP contribution is 2.29. The van der Waals surface area contributed by atoms with Gasteiger partial charge in [-0.2, -0.15) is 0 Å². The number of carbonyl (C=O) groups is 1. The molecule has 0 bridgehead atoms. The van der Waals surface area contributed by atoms with Crippen LogP contribution in [-0.2, 0) is 0 Å². The third-order valence-corrected chi connectivity index (χ3v) is 2.80. The molecule has 1 aromatic heterocycles. The topological polar surface area (TPSA) is 102 Å². The largest absolute Gasteiger partial charge is 0.573 e. The van der Waals surface area contributed by atoms with Crippen LogP contribution in [0.1, 0.15) is 10.6 Å². The molecule has 7 nitrogen and oxygen atoms in total. The molecule has 2 aromatic rings. The Labute approximate surface area is 163 Å². The SMILES string of the molecule is I.NC(=NCCNC(=O)c1ccco1)Nc1ccccc1OC(F)(F)F. The number of anilines is 1. The van der Waals surface area contributed by atoms with Crippen molar-refractivity contribution in [3.05, 3.63) is 48.4 Å². The number of ether oxygens (including phenoxy) is 1. The van der Waals surface area contributed by atoms with Crippen LogP contribution in [0.2, 0.25) is 0 Å². The summed E-state index contributed by atoms with van der Waals surface area (Å²) in [6.45, 7) is 0.288. The summed E-state index contributed by atoms with van der Waals surface area (Å²) in [6, 6.07) is 8.50. The normalized spacial score (nSPS) is 11.4. The smallest absolute Gasteiger partial charge is 0.459 e. The van der Waals surface area contributed by atoms with Crippen LogP contribution in [0.5, 0.6) is 5.75 Å². The second-order valence-electron chi connectivity index (χ2n) is 4.67. The summed E-state index contributed by atoms with van der Waals surface area (Å²) in [4.78, 5) is 15.5. The van der Waals surface area contributed by atoms with Crippen LogP contribution < -0.4 is 21.1 Å². The Morgan fingerprint density at radius 1 is 1.23 bits per heavy atom. The number of hydrogen-bond donors (Lipinski definition) is 3. The number of nitrogens with zero attached hydrogens (tertiary/aromatic N) is 1. The molecular weight excluding hydrogens is 468 g/mol. The van der Waals surface area contributed by atoms with Crippen molar-refractivity contribution in [3.63, 3.8) is 0 Å². The lowest BCUT2D eigenvalue weighted by Gasteiger charge is -2.14. The van der Waals surface area contributed by atoms with Crippen LogP contribution in [0.3, 0.4) is 0 Å². The molecular formula is C15H16F3IN4O3. The van der Waals surface area contributed by atoms with E-state index in [4.69, 9.17) is 10.2 Å². The summed E-state index contributed by atoms with van der Waals surface area (Å²) < 4.78 is 45.8. The lowest BCUT2D eigenvalue weighted by atomic mass is 10.3. The Morgan fingerprint density at radius 2 is 1.96 bits per heavy atom. The van der Waals surface area contributed by atoms with E-state index in [0.717, 1.165) is 6.07 Å². The summed E-state index contributed by atoms with van der Waals surface area (Å²) >= 11 is 0. The molecule has 0 aliphatic heterocycles. The lowest BCUT2D eigenvalue weighted by Crippen LogP contribution is -2.28. The highest BCUT2D eigenvalue weighted by molar-refractivity contribution is 14.0. The molecule has 1 heterocycles. The predicted molar refractivity (Wildman–Crippen MR) is 99.7 cm³/mol. The van der Waals surface area contributed by atoms with Gasteiger partial charge in [-0.1, -0.05) is 12.1 Å². The van der Waals surface area contributed by atoms with E-state index < -0.39 is 18.0 Å². The summed E-state index contributed by atoms with van der Waals surface area (Å²) in [6.07, 6.45) is -3.45. The molecule has 0 saturated carbocycles. The number of nitrogens with two attached hydrogens (primary N) is 1. The van der Waals surface area contributed by atoms with Crippen molar-refractivity contribution in [2.45, 2.75) is 6.36 Å². The number of halogens is 4. The molecule has 0 radical (unpaired) electrons. The van der Waals surface area contributed by atoms with Crippen LogP contribution in [0, 0.1) is 0 Å². The molecule has 0 spiro atoms. The van der Waals surface area contributed by atoms with Crippen LogP contribution in [0.15, 0.2) is 52.1 Å². The van der Waals surface area contributed by atoms with E-state index in [9.17, 15) is 18.0 Å². The number of furan rings is 1. The maximum Gasteiger partial charge on any atom is 0.573 e. The summed E-state index contributed by atoms with van der Waals surface area (Å²) in [7, 11) is 0. The van der Waals surface area contributed by atoms with Gasteiger partial charge in [0.15, 0.2) is 17.5 Å². The molecule has 0 saturated heterocycles. The number of aliphatic imine (C=N–C) groups is 1. The molecule has 0 aliphatic rings. The van der Waals surface area contributed by atoms with Crippen molar-refractivity contribution in [1.29, 1.82) is 0 Å². The second kappa shape index (κ2) is 9.89. The van der Waals surface area contributed by atoms with Gasteiger partial charge in [0, 0.05) is 6.54 Å². The van der Waals surface area contributed by atoms with Crippen LogP contribution in [-0.4, -0.2) is 31.3 Å². The maximum atomic E-state index is 12.3. The van der Waals surface area contributed by atoms with Gasteiger partial charge in [0.2, 0.25) is 0 Å². The molecule has 26 heavy (non-hydrogen) atoms. The van der Waals surface area contributed by atoms with Gasteiger partial charge >= 0.3 is 6.36 Å². The summed E-state index contributed by atoms with van der Waals surface area (Å²) in [5.74, 6) is -0.797. The number of hydrogen-bond acceptors (Lipinski definition) is 4. The molecule has 142 valence electrons. The summed E-state index contributed by atoms with van der Waals surface area (Å²) in [5, 5.41) is 5.07. The Bertz CT molecular complexity index is 736. The van der Waals surface area contributed by atoms with E-state index in [1.54, 1.807) is 6.07 Å². The van der Waals surface area contributed by atoms with E-state index in [2.05, 4.69) is 20.4 Å². The lowest BCUT2D eigenvalue weighted by molar-refractivity contribution is -0.274. The average molecular weight is 484 g/mol. The first-order valence-electron chi connectivity index (χ1n) is 7.08. The Morgan fingerprint density at radius 3 is 2.62 bits per heavy atom. The van der Waals surface area contributed by atoms with E-state index >= 15 is 0 Å². The minimum Gasteiger partial charge on any atom is -0.459 e. The first-order chi connectivity index (χ1) is 11.8. The van der Waals surface area contributed by atoms with Crippen molar-refractivity contribution >= 4 is 41.5 Å². The number of para-hydroxylation sites is 2. The zero-order valence-electron chi connectivity index (χ0n) is 13.2.